The highest BCUT2D eigenvalue weighted by molar-refractivity contribution is 7.14. The minimum atomic E-state index is -0.179. The van der Waals surface area contributed by atoms with Crippen molar-refractivity contribution in [2.45, 2.75) is 52.0 Å². The van der Waals surface area contributed by atoms with Gasteiger partial charge in [0.1, 0.15) is 11.9 Å². The third kappa shape index (κ3) is 3.59. The third-order valence-corrected chi connectivity index (χ3v) is 5.01. The number of thiazole rings is 1. The van der Waals surface area contributed by atoms with E-state index in [1.54, 1.807) is 0 Å². The molecule has 24 heavy (non-hydrogen) atoms. The summed E-state index contributed by atoms with van der Waals surface area (Å²) in [7, 11) is 0. The summed E-state index contributed by atoms with van der Waals surface area (Å²) in [6, 6.07) is 3.84. The molecule has 0 saturated carbocycles. The molecule has 1 aliphatic rings. The van der Waals surface area contributed by atoms with Gasteiger partial charge in [0, 0.05) is 23.5 Å². The Labute approximate surface area is 147 Å². The van der Waals surface area contributed by atoms with Gasteiger partial charge >= 0.3 is 0 Å². The summed E-state index contributed by atoms with van der Waals surface area (Å²) in [5.74, 6) is 0.873. The number of aryl methyl sites for hydroxylation is 1. The van der Waals surface area contributed by atoms with Crippen LogP contribution in [0.2, 0.25) is 0 Å². The Morgan fingerprint density at radius 1 is 1.38 bits per heavy atom. The van der Waals surface area contributed by atoms with Crippen molar-refractivity contribution in [3.8, 4) is 0 Å². The van der Waals surface area contributed by atoms with Crippen molar-refractivity contribution in [3.63, 3.8) is 0 Å². The second-order valence-corrected chi connectivity index (χ2v) is 8.18. The first kappa shape index (κ1) is 16.9. The maximum Gasteiger partial charge on any atom is 0.248 e. The van der Waals surface area contributed by atoms with Gasteiger partial charge in [-0.1, -0.05) is 26.8 Å². The molecule has 5 nitrogen and oxygen atoms in total. The van der Waals surface area contributed by atoms with Crippen molar-refractivity contribution in [1.82, 2.24) is 9.97 Å². The minimum absolute atomic E-state index is 0.00434. The molecular formula is C18H24N4OS. The first-order valence-corrected chi connectivity index (χ1v) is 9.19. The van der Waals surface area contributed by atoms with Crippen LogP contribution in [0.15, 0.2) is 23.7 Å². The molecule has 1 aliphatic heterocycles. The molecule has 1 saturated heterocycles. The van der Waals surface area contributed by atoms with E-state index in [1.807, 2.05) is 30.6 Å². The number of nitrogens with one attached hydrogen (secondary N) is 1. The highest BCUT2D eigenvalue weighted by Crippen LogP contribution is 2.28. The highest BCUT2D eigenvalue weighted by atomic mass is 32.1. The van der Waals surface area contributed by atoms with Gasteiger partial charge in [0.05, 0.1) is 5.69 Å². The number of carbonyl (C=O) groups excluding carboxylic acids is 1. The number of aromatic nitrogens is 2. The summed E-state index contributed by atoms with van der Waals surface area (Å²) >= 11 is 1.49. The van der Waals surface area contributed by atoms with Crippen LogP contribution in [0, 0.1) is 6.92 Å². The van der Waals surface area contributed by atoms with E-state index in [-0.39, 0.29) is 17.4 Å². The molecule has 0 bridgehead atoms. The minimum Gasteiger partial charge on any atom is -0.345 e. The molecule has 128 valence electrons. The molecule has 3 heterocycles. The van der Waals surface area contributed by atoms with E-state index in [2.05, 4.69) is 41.0 Å². The number of anilines is 2. The molecule has 3 rings (SSSR count). The van der Waals surface area contributed by atoms with Gasteiger partial charge in [-0.25, -0.2) is 9.97 Å². The molecule has 0 unspecified atom stereocenters. The number of amides is 1. The normalized spacial score (nSPS) is 18.0. The number of pyridine rings is 1. The standard InChI is InChI=1S/C18H24N4OS/c1-12-7-8-15(19-10-12)22-9-5-6-13(22)16(23)21-17-20-14(11-24-17)18(2,3)4/h7-8,10-11,13H,5-6,9H2,1-4H3,(H,20,21,23)/t13-/m0/s1. The molecular weight excluding hydrogens is 320 g/mol. The SMILES string of the molecule is Cc1ccc(N2CCC[C@H]2C(=O)Nc2nc(C(C)(C)C)cs2)nc1. The quantitative estimate of drug-likeness (QED) is 0.921. The van der Waals surface area contributed by atoms with Crippen LogP contribution in [-0.4, -0.2) is 28.5 Å². The molecule has 0 aromatic carbocycles. The maximum atomic E-state index is 12.7. The fourth-order valence-corrected chi connectivity index (χ4v) is 3.75. The lowest BCUT2D eigenvalue weighted by Gasteiger charge is -2.24. The maximum absolute atomic E-state index is 12.7. The number of nitrogens with zero attached hydrogens (tertiary/aromatic N) is 3. The molecule has 0 aliphatic carbocycles. The zero-order chi connectivity index (χ0) is 17.3. The van der Waals surface area contributed by atoms with Crippen LogP contribution in [0.1, 0.15) is 44.9 Å². The number of carbonyl (C=O) groups is 1. The van der Waals surface area contributed by atoms with Gasteiger partial charge < -0.3 is 10.2 Å². The summed E-state index contributed by atoms with van der Waals surface area (Å²) in [5.41, 5.74) is 2.12. The Balaban J connectivity index is 1.72. The molecule has 1 N–H and O–H groups in total. The van der Waals surface area contributed by atoms with Crippen LogP contribution in [0.3, 0.4) is 0 Å². The lowest BCUT2D eigenvalue weighted by atomic mass is 9.93. The molecule has 0 radical (unpaired) electrons. The second kappa shape index (κ2) is 6.51. The van der Waals surface area contributed by atoms with E-state index in [9.17, 15) is 4.79 Å². The van der Waals surface area contributed by atoms with Crippen LogP contribution in [0.4, 0.5) is 10.9 Å². The van der Waals surface area contributed by atoms with E-state index in [4.69, 9.17) is 0 Å². The van der Waals surface area contributed by atoms with Gasteiger partial charge in [-0.2, -0.15) is 0 Å². The Morgan fingerprint density at radius 3 is 2.79 bits per heavy atom. The smallest absolute Gasteiger partial charge is 0.248 e. The van der Waals surface area contributed by atoms with E-state index >= 15 is 0 Å². The third-order valence-electron chi connectivity index (χ3n) is 4.25. The van der Waals surface area contributed by atoms with E-state index in [0.717, 1.165) is 36.5 Å². The molecule has 2 aromatic rings. The van der Waals surface area contributed by atoms with Crippen molar-refractivity contribution in [3.05, 3.63) is 35.0 Å². The summed E-state index contributed by atoms with van der Waals surface area (Å²) < 4.78 is 0. The summed E-state index contributed by atoms with van der Waals surface area (Å²) in [6.45, 7) is 9.24. The van der Waals surface area contributed by atoms with Gasteiger partial charge in [-0.3, -0.25) is 4.79 Å². The lowest BCUT2D eigenvalue weighted by Crippen LogP contribution is -2.40. The number of rotatable bonds is 3. The summed E-state index contributed by atoms with van der Waals surface area (Å²) in [4.78, 5) is 23.8. The fraction of sp³-hybridized carbons (Fsp3) is 0.500. The monoisotopic (exact) mass is 344 g/mol. The molecule has 0 spiro atoms. The van der Waals surface area contributed by atoms with Crippen molar-refractivity contribution >= 4 is 28.2 Å². The van der Waals surface area contributed by atoms with Gasteiger partial charge in [0.15, 0.2) is 5.13 Å². The van der Waals surface area contributed by atoms with E-state index in [0.29, 0.717) is 5.13 Å². The summed E-state index contributed by atoms with van der Waals surface area (Å²) in [6.07, 6.45) is 3.69. The molecule has 1 fully saturated rings. The van der Waals surface area contributed by atoms with Gasteiger partial charge in [-0.05, 0) is 31.4 Å². The van der Waals surface area contributed by atoms with Gasteiger partial charge in [-0.15, -0.1) is 11.3 Å². The van der Waals surface area contributed by atoms with Crippen molar-refractivity contribution in [2.24, 2.45) is 0 Å². The molecule has 1 atom stereocenters. The Bertz CT molecular complexity index is 717. The number of hydrogen-bond acceptors (Lipinski definition) is 5. The molecule has 6 heteroatoms. The predicted molar refractivity (Wildman–Crippen MR) is 98.8 cm³/mol. The van der Waals surface area contributed by atoms with Gasteiger partial charge in [0.25, 0.3) is 0 Å². The van der Waals surface area contributed by atoms with Crippen molar-refractivity contribution in [2.75, 3.05) is 16.8 Å². The first-order chi connectivity index (χ1) is 11.3. The second-order valence-electron chi connectivity index (χ2n) is 7.32. The fourth-order valence-electron chi connectivity index (χ4n) is 2.81. The van der Waals surface area contributed by atoms with E-state index < -0.39 is 0 Å². The van der Waals surface area contributed by atoms with Crippen LogP contribution >= 0.6 is 11.3 Å². The Hall–Kier alpha value is -1.95. The Morgan fingerprint density at radius 2 is 2.17 bits per heavy atom. The average molecular weight is 344 g/mol. The number of hydrogen-bond donors (Lipinski definition) is 1. The zero-order valence-corrected chi connectivity index (χ0v) is 15.5. The van der Waals surface area contributed by atoms with Crippen LogP contribution in [0.5, 0.6) is 0 Å². The van der Waals surface area contributed by atoms with Gasteiger partial charge in [0.2, 0.25) is 5.91 Å². The highest BCUT2D eigenvalue weighted by Gasteiger charge is 2.32. The van der Waals surface area contributed by atoms with E-state index in [1.165, 1.54) is 11.3 Å². The lowest BCUT2D eigenvalue weighted by molar-refractivity contribution is -0.117. The zero-order valence-electron chi connectivity index (χ0n) is 14.7. The van der Waals surface area contributed by atoms with Crippen LogP contribution in [-0.2, 0) is 10.2 Å². The average Bonchev–Trinajstić information content (AvgIpc) is 3.16. The molecule has 2 aromatic heterocycles. The van der Waals surface area contributed by atoms with Crippen molar-refractivity contribution in [1.29, 1.82) is 0 Å². The predicted octanol–water partition coefficient (Wildman–Crippen LogP) is 3.75. The van der Waals surface area contributed by atoms with Crippen LogP contribution < -0.4 is 10.2 Å². The largest absolute Gasteiger partial charge is 0.345 e. The summed E-state index contributed by atoms with van der Waals surface area (Å²) in [5, 5.41) is 5.68. The molecule has 1 amide bonds. The van der Waals surface area contributed by atoms with Crippen LogP contribution in [0.25, 0.3) is 0 Å². The topological polar surface area (TPSA) is 58.1 Å². The van der Waals surface area contributed by atoms with Crippen molar-refractivity contribution < 1.29 is 4.79 Å². The Kier molecular flexibility index (Phi) is 4.58. The first-order valence-electron chi connectivity index (χ1n) is 8.31.